The van der Waals surface area contributed by atoms with E-state index in [4.69, 9.17) is 4.74 Å². The normalized spacial score (nSPS) is 10.8. The van der Waals surface area contributed by atoms with Gasteiger partial charge < -0.3 is 10.1 Å². The summed E-state index contributed by atoms with van der Waals surface area (Å²) in [7, 11) is 1.44. The molecule has 0 unspecified atom stereocenters. The minimum Gasteiger partial charge on any atom is -0.497 e. The van der Waals surface area contributed by atoms with E-state index in [2.05, 4.69) is 28.6 Å². The van der Waals surface area contributed by atoms with Crippen molar-refractivity contribution in [3.05, 3.63) is 89.9 Å². The molecule has 4 aromatic rings. The summed E-state index contributed by atoms with van der Waals surface area (Å²) < 4.78 is 20.8. The van der Waals surface area contributed by atoms with Gasteiger partial charge in [-0.1, -0.05) is 42.5 Å². The van der Waals surface area contributed by atoms with Crippen LogP contribution in [0.4, 0.5) is 10.2 Å². The summed E-state index contributed by atoms with van der Waals surface area (Å²) in [6.45, 7) is 0.481. The number of aromatic nitrogens is 2. The van der Waals surface area contributed by atoms with Gasteiger partial charge in [-0.05, 0) is 28.5 Å². The Morgan fingerprint density at radius 2 is 1.93 bits per heavy atom. The van der Waals surface area contributed by atoms with E-state index in [-0.39, 0.29) is 5.56 Å². The van der Waals surface area contributed by atoms with Gasteiger partial charge in [0.15, 0.2) is 0 Å². The Bertz CT molecular complexity index is 1150. The van der Waals surface area contributed by atoms with E-state index in [0.29, 0.717) is 18.1 Å². The molecule has 0 fully saturated rings. The number of nitrogens with zero attached hydrogens (tertiary/aromatic N) is 2. The zero-order chi connectivity index (χ0) is 19.5. The molecule has 0 saturated carbocycles. The van der Waals surface area contributed by atoms with Crippen molar-refractivity contribution in [3.8, 4) is 5.75 Å². The molecule has 0 radical (unpaired) electrons. The van der Waals surface area contributed by atoms with Crippen LogP contribution in [0.25, 0.3) is 10.8 Å². The number of hydrogen-bond donors (Lipinski definition) is 1. The topological polar surface area (TPSA) is 56.1 Å². The second-order valence-corrected chi connectivity index (χ2v) is 6.31. The maximum atomic E-state index is 14.2. The summed E-state index contributed by atoms with van der Waals surface area (Å²) in [5.74, 6) is -0.333. The molecular weight excluding hydrogens is 357 g/mol. The smallest absolute Gasteiger partial charge is 0.259 e. The molecule has 0 bridgehead atoms. The van der Waals surface area contributed by atoms with Crippen LogP contribution in [-0.2, 0) is 6.54 Å². The third-order valence-electron chi connectivity index (χ3n) is 4.58. The average Bonchev–Trinajstić information content (AvgIpc) is 3.14. The van der Waals surface area contributed by atoms with E-state index in [1.54, 1.807) is 23.0 Å². The summed E-state index contributed by atoms with van der Waals surface area (Å²) >= 11 is 0. The number of carbonyl (C=O) groups is 1. The number of carbonyl (C=O) groups excluding carboxylic acids is 1. The summed E-state index contributed by atoms with van der Waals surface area (Å²) in [6.07, 6.45) is 1.60. The zero-order valence-electron chi connectivity index (χ0n) is 15.2. The molecule has 5 nitrogen and oxygen atoms in total. The van der Waals surface area contributed by atoms with Gasteiger partial charge in [0.2, 0.25) is 0 Å². The SMILES string of the molecule is COc1ccc(C(=O)Nc2ccnn2Cc2cccc3ccccc23)c(F)c1. The van der Waals surface area contributed by atoms with Crippen LogP contribution in [0, 0.1) is 5.82 Å². The molecule has 6 heteroatoms. The third kappa shape index (κ3) is 3.44. The van der Waals surface area contributed by atoms with E-state index in [9.17, 15) is 9.18 Å². The Morgan fingerprint density at radius 3 is 2.75 bits per heavy atom. The first-order chi connectivity index (χ1) is 13.7. The van der Waals surface area contributed by atoms with Gasteiger partial charge in [0.1, 0.15) is 17.4 Å². The van der Waals surface area contributed by atoms with Gasteiger partial charge in [-0.3, -0.25) is 4.79 Å². The van der Waals surface area contributed by atoms with E-state index >= 15 is 0 Å². The van der Waals surface area contributed by atoms with Crippen molar-refractivity contribution >= 4 is 22.5 Å². The van der Waals surface area contributed by atoms with Crippen LogP contribution in [-0.4, -0.2) is 22.8 Å². The van der Waals surface area contributed by atoms with Gasteiger partial charge in [-0.15, -0.1) is 0 Å². The number of fused-ring (bicyclic) bond motifs is 1. The lowest BCUT2D eigenvalue weighted by molar-refractivity contribution is 0.102. The second-order valence-electron chi connectivity index (χ2n) is 6.31. The van der Waals surface area contributed by atoms with Crippen molar-refractivity contribution in [2.75, 3.05) is 12.4 Å². The largest absolute Gasteiger partial charge is 0.497 e. The van der Waals surface area contributed by atoms with Gasteiger partial charge in [0.05, 0.1) is 25.4 Å². The number of amides is 1. The van der Waals surface area contributed by atoms with Gasteiger partial charge in [0, 0.05) is 12.1 Å². The van der Waals surface area contributed by atoms with Crippen LogP contribution in [0.1, 0.15) is 15.9 Å². The first-order valence-corrected chi connectivity index (χ1v) is 8.79. The molecule has 0 aliphatic carbocycles. The lowest BCUT2D eigenvalue weighted by Crippen LogP contribution is -2.17. The molecule has 3 aromatic carbocycles. The maximum absolute atomic E-state index is 14.2. The molecule has 0 atom stereocenters. The fraction of sp³-hybridized carbons (Fsp3) is 0.0909. The van der Waals surface area contributed by atoms with Gasteiger partial charge in [-0.2, -0.15) is 5.10 Å². The molecule has 140 valence electrons. The van der Waals surface area contributed by atoms with E-state index < -0.39 is 11.7 Å². The number of ether oxygens (including phenoxy) is 1. The first kappa shape index (κ1) is 17.7. The van der Waals surface area contributed by atoms with Crippen molar-refractivity contribution in [2.24, 2.45) is 0 Å². The summed E-state index contributed by atoms with van der Waals surface area (Å²) in [5, 5.41) is 9.30. The Labute approximate surface area is 161 Å². The van der Waals surface area contributed by atoms with Crippen molar-refractivity contribution in [3.63, 3.8) is 0 Å². The van der Waals surface area contributed by atoms with Gasteiger partial charge in [0.25, 0.3) is 5.91 Å². The quantitative estimate of drug-likeness (QED) is 0.559. The molecule has 0 aliphatic heterocycles. The van der Waals surface area contributed by atoms with E-state index in [1.165, 1.54) is 19.2 Å². The molecule has 1 amide bonds. The number of benzene rings is 3. The highest BCUT2D eigenvalue weighted by Crippen LogP contribution is 2.21. The van der Waals surface area contributed by atoms with Crippen LogP contribution in [0.3, 0.4) is 0 Å². The predicted molar refractivity (Wildman–Crippen MR) is 106 cm³/mol. The zero-order valence-corrected chi connectivity index (χ0v) is 15.2. The van der Waals surface area contributed by atoms with Crippen LogP contribution < -0.4 is 10.1 Å². The lowest BCUT2D eigenvalue weighted by Gasteiger charge is -2.12. The fourth-order valence-corrected chi connectivity index (χ4v) is 3.15. The predicted octanol–water partition coefficient (Wildman–Crippen LogP) is 4.48. The fourth-order valence-electron chi connectivity index (χ4n) is 3.15. The highest BCUT2D eigenvalue weighted by molar-refractivity contribution is 6.04. The average molecular weight is 375 g/mol. The summed E-state index contributed by atoms with van der Waals surface area (Å²) in [5.41, 5.74) is 1.02. The Hall–Kier alpha value is -3.67. The monoisotopic (exact) mass is 375 g/mol. The molecule has 1 N–H and O–H groups in total. The summed E-state index contributed by atoms with van der Waals surface area (Å²) in [6, 6.07) is 20.0. The molecule has 0 saturated heterocycles. The van der Waals surface area contributed by atoms with E-state index in [1.807, 2.05) is 24.3 Å². The van der Waals surface area contributed by atoms with Crippen molar-refractivity contribution in [1.29, 1.82) is 0 Å². The molecule has 1 heterocycles. The molecule has 0 aliphatic rings. The van der Waals surface area contributed by atoms with Crippen LogP contribution in [0.15, 0.2) is 72.9 Å². The van der Waals surface area contributed by atoms with Crippen molar-refractivity contribution < 1.29 is 13.9 Å². The first-order valence-electron chi connectivity index (χ1n) is 8.79. The maximum Gasteiger partial charge on any atom is 0.259 e. The van der Waals surface area contributed by atoms with Gasteiger partial charge in [-0.25, -0.2) is 9.07 Å². The number of nitrogens with one attached hydrogen (secondary N) is 1. The van der Waals surface area contributed by atoms with Crippen LogP contribution in [0.2, 0.25) is 0 Å². The standard InChI is InChI=1S/C22H18FN3O2/c1-28-17-9-10-19(20(23)13-17)22(27)25-21-11-12-24-26(21)14-16-7-4-6-15-5-2-3-8-18(15)16/h2-13H,14H2,1H3,(H,25,27). The van der Waals surface area contributed by atoms with Crippen LogP contribution >= 0.6 is 0 Å². The minimum absolute atomic E-state index is 0.0567. The Morgan fingerprint density at radius 1 is 1.11 bits per heavy atom. The molecule has 4 rings (SSSR count). The lowest BCUT2D eigenvalue weighted by atomic mass is 10.0. The number of methoxy groups -OCH3 is 1. The Kier molecular flexibility index (Phi) is 4.76. The molecule has 1 aromatic heterocycles. The number of halogens is 1. The highest BCUT2D eigenvalue weighted by Gasteiger charge is 2.15. The molecule has 28 heavy (non-hydrogen) atoms. The minimum atomic E-state index is -0.642. The molecule has 0 spiro atoms. The van der Waals surface area contributed by atoms with E-state index in [0.717, 1.165) is 16.3 Å². The molecular formula is C22H18FN3O2. The number of rotatable bonds is 5. The van der Waals surface area contributed by atoms with Gasteiger partial charge >= 0.3 is 0 Å². The number of anilines is 1. The second kappa shape index (κ2) is 7.52. The Balaban J connectivity index is 1.58. The van der Waals surface area contributed by atoms with Crippen molar-refractivity contribution in [2.45, 2.75) is 6.54 Å². The number of hydrogen-bond acceptors (Lipinski definition) is 3. The summed E-state index contributed by atoms with van der Waals surface area (Å²) in [4.78, 5) is 12.5. The highest BCUT2D eigenvalue weighted by atomic mass is 19.1. The van der Waals surface area contributed by atoms with Crippen LogP contribution in [0.5, 0.6) is 5.75 Å². The van der Waals surface area contributed by atoms with Crippen molar-refractivity contribution in [1.82, 2.24) is 9.78 Å². The third-order valence-corrected chi connectivity index (χ3v) is 4.58.